The van der Waals surface area contributed by atoms with Gasteiger partial charge >= 0.3 is 0 Å². The summed E-state index contributed by atoms with van der Waals surface area (Å²) in [5.41, 5.74) is 2.52. The SMILES string of the molecule is O=C(/C=C/c1cccc2ccccc12)NCCN1CCc2sccc2C1. The van der Waals surface area contributed by atoms with Gasteiger partial charge in [0.15, 0.2) is 0 Å². The maximum Gasteiger partial charge on any atom is 0.244 e. The number of nitrogens with one attached hydrogen (secondary N) is 1. The van der Waals surface area contributed by atoms with Crippen LogP contribution in [-0.2, 0) is 17.8 Å². The molecule has 1 aromatic heterocycles. The van der Waals surface area contributed by atoms with Crippen molar-refractivity contribution in [1.29, 1.82) is 0 Å². The Kier molecular flexibility index (Phi) is 5.14. The standard InChI is InChI=1S/C22H22N2OS/c25-22(9-8-18-6-3-5-17-4-1-2-7-20(17)18)23-12-14-24-13-10-21-19(16-24)11-15-26-21/h1-9,11,15H,10,12-14,16H2,(H,23,25)/b9-8+. The zero-order chi connectivity index (χ0) is 17.8. The van der Waals surface area contributed by atoms with E-state index in [1.54, 1.807) is 6.08 Å². The summed E-state index contributed by atoms with van der Waals surface area (Å²) in [4.78, 5) is 16.1. The van der Waals surface area contributed by atoms with E-state index in [1.807, 2.05) is 41.7 Å². The number of hydrogen-bond donors (Lipinski definition) is 1. The summed E-state index contributed by atoms with van der Waals surface area (Å²) in [7, 11) is 0. The highest BCUT2D eigenvalue weighted by Gasteiger charge is 2.16. The summed E-state index contributed by atoms with van der Waals surface area (Å²) in [6.07, 6.45) is 4.66. The molecule has 0 saturated heterocycles. The van der Waals surface area contributed by atoms with Crippen molar-refractivity contribution >= 4 is 34.1 Å². The van der Waals surface area contributed by atoms with E-state index in [1.165, 1.54) is 21.2 Å². The van der Waals surface area contributed by atoms with Crippen LogP contribution in [0.15, 0.2) is 60.0 Å². The lowest BCUT2D eigenvalue weighted by molar-refractivity contribution is -0.116. The lowest BCUT2D eigenvalue weighted by atomic mass is 10.0. The predicted molar refractivity (Wildman–Crippen MR) is 109 cm³/mol. The minimum atomic E-state index is -0.0360. The maximum absolute atomic E-state index is 12.1. The van der Waals surface area contributed by atoms with Gasteiger partial charge in [0.25, 0.3) is 0 Å². The third-order valence-electron chi connectivity index (χ3n) is 4.85. The molecular formula is C22H22N2OS. The molecule has 2 heterocycles. The molecule has 4 rings (SSSR count). The van der Waals surface area contributed by atoms with Gasteiger partial charge in [-0.3, -0.25) is 9.69 Å². The summed E-state index contributed by atoms with van der Waals surface area (Å²) < 4.78 is 0. The number of carbonyl (C=O) groups excluding carboxylic acids is 1. The molecule has 0 spiro atoms. The molecule has 0 aliphatic carbocycles. The zero-order valence-corrected chi connectivity index (χ0v) is 15.5. The largest absolute Gasteiger partial charge is 0.351 e. The normalized spacial score (nSPS) is 14.6. The first kappa shape index (κ1) is 17.0. The van der Waals surface area contributed by atoms with Gasteiger partial charge in [-0.1, -0.05) is 42.5 Å². The molecule has 1 N–H and O–H groups in total. The summed E-state index contributed by atoms with van der Waals surface area (Å²) >= 11 is 1.86. The molecule has 1 amide bonds. The van der Waals surface area contributed by atoms with Crippen molar-refractivity contribution in [2.45, 2.75) is 13.0 Å². The van der Waals surface area contributed by atoms with Crippen LogP contribution < -0.4 is 5.32 Å². The van der Waals surface area contributed by atoms with Crippen molar-refractivity contribution in [2.24, 2.45) is 0 Å². The monoisotopic (exact) mass is 362 g/mol. The van der Waals surface area contributed by atoms with Gasteiger partial charge in [-0.05, 0) is 45.8 Å². The lowest BCUT2D eigenvalue weighted by Crippen LogP contribution is -2.37. The van der Waals surface area contributed by atoms with Gasteiger partial charge in [0.05, 0.1) is 0 Å². The molecule has 0 fully saturated rings. The second-order valence-corrected chi connectivity index (χ2v) is 7.59. The number of thiophene rings is 1. The fraction of sp³-hybridized carbons (Fsp3) is 0.227. The molecular weight excluding hydrogens is 340 g/mol. The van der Waals surface area contributed by atoms with Crippen LogP contribution in [0, 0.1) is 0 Å². The van der Waals surface area contributed by atoms with Crippen LogP contribution in [0.5, 0.6) is 0 Å². The number of nitrogens with zero attached hydrogens (tertiary/aromatic N) is 1. The van der Waals surface area contributed by atoms with Gasteiger partial charge in [0.2, 0.25) is 5.91 Å². The summed E-state index contributed by atoms with van der Waals surface area (Å²) in [5, 5.41) is 7.53. The molecule has 0 bridgehead atoms. The molecule has 3 nitrogen and oxygen atoms in total. The Bertz CT molecular complexity index is 939. The van der Waals surface area contributed by atoms with Crippen LogP contribution in [0.3, 0.4) is 0 Å². The summed E-state index contributed by atoms with van der Waals surface area (Å²) in [5.74, 6) is -0.0360. The number of hydrogen-bond acceptors (Lipinski definition) is 3. The topological polar surface area (TPSA) is 32.3 Å². The molecule has 2 aromatic carbocycles. The number of benzene rings is 2. The van der Waals surface area contributed by atoms with Gasteiger partial charge in [-0.15, -0.1) is 11.3 Å². The molecule has 0 unspecified atom stereocenters. The Hall–Kier alpha value is -2.43. The van der Waals surface area contributed by atoms with E-state index in [4.69, 9.17) is 0 Å². The lowest BCUT2D eigenvalue weighted by Gasteiger charge is -2.26. The third-order valence-corrected chi connectivity index (χ3v) is 5.87. The van der Waals surface area contributed by atoms with Gasteiger partial charge in [0, 0.05) is 37.1 Å². The van der Waals surface area contributed by atoms with Gasteiger partial charge in [0.1, 0.15) is 0 Å². The Balaban J connectivity index is 1.29. The smallest absolute Gasteiger partial charge is 0.244 e. The molecule has 26 heavy (non-hydrogen) atoms. The minimum absolute atomic E-state index is 0.0360. The first-order valence-electron chi connectivity index (χ1n) is 9.01. The molecule has 3 aromatic rings. The highest BCUT2D eigenvalue weighted by Crippen LogP contribution is 2.23. The van der Waals surface area contributed by atoms with Crippen LogP contribution in [-0.4, -0.2) is 30.4 Å². The molecule has 132 valence electrons. The Labute approximate surface area is 158 Å². The first-order valence-corrected chi connectivity index (χ1v) is 9.89. The minimum Gasteiger partial charge on any atom is -0.351 e. The maximum atomic E-state index is 12.1. The second-order valence-electron chi connectivity index (χ2n) is 6.59. The Morgan fingerprint density at radius 2 is 2.04 bits per heavy atom. The van der Waals surface area contributed by atoms with E-state index in [0.717, 1.165) is 31.6 Å². The predicted octanol–water partition coefficient (Wildman–Crippen LogP) is 4.09. The number of amides is 1. The first-order chi connectivity index (χ1) is 12.8. The van der Waals surface area contributed by atoms with E-state index in [-0.39, 0.29) is 5.91 Å². The average Bonchev–Trinajstić information content (AvgIpc) is 3.14. The molecule has 0 atom stereocenters. The molecule has 4 heteroatoms. The van der Waals surface area contributed by atoms with E-state index in [2.05, 4.69) is 39.9 Å². The van der Waals surface area contributed by atoms with Crippen molar-refractivity contribution in [3.63, 3.8) is 0 Å². The van der Waals surface area contributed by atoms with Crippen molar-refractivity contribution in [3.8, 4) is 0 Å². The van der Waals surface area contributed by atoms with Crippen LogP contribution in [0.2, 0.25) is 0 Å². The second kappa shape index (κ2) is 7.85. The molecule has 1 aliphatic heterocycles. The van der Waals surface area contributed by atoms with Gasteiger partial charge in [-0.2, -0.15) is 0 Å². The van der Waals surface area contributed by atoms with E-state index in [9.17, 15) is 4.79 Å². The zero-order valence-electron chi connectivity index (χ0n) is 14.7. The number of carbonyl (C=O) groups is 1. The Morgan fingerprint density at radius 3 is 3.00 bits per heavy atom. The highest BCUT2D eigenvalue weighted by molar-refractivity contribution is 7.10. The summed E-state index contributed by atoms with van der Waals surface area (Å²) in [6.45, 7) is 3.65. The van der Waals surface area contributed by atoms with Gasteiger partial charge < -0.3 is 5.32 Å². The van der Waals surface area contributed by atoms with Crippen molar-refractivity contribution in [2.75, 3.05) is 19.6 Å². The Morgan fingerprint density at radius 1 is 1.15 bits per heavy atom. The average molecular weight is 362 g/mol. The van der Waals surface area contributed by atoms with E-state index >= 15 is 0 Å². The quantitative estimate of drug-likeness (QED) is 0.694. The highest BCUT2D eigenvalue weighted by atomic mass is 32.1. The van der Waals surface area contributed by atoms with Crippen LogP contribution in [0.25, 0.3) is 16.8 Å². The van der Waals surface area contributed by atoms with Crippen molar-refractivity contribution in [1.82, 2.24) is 10.2 Å². The van der Waals surface area contributed by atoms with Crippen molar-refractivity contribution in [3.05, 3.63) is 76.0 Å². The number of rotatable bonds is 5. The van der Waals surface area contributed by atoms with E-state index < -0.39 is 0 Å². The van der Waals surface area contributed by atoms with E-state index in [0.29, 0.717) is 6.54 Å². The van der Waals surface area contributed by atoms with Crippen LogP contribution in [0.4, 0.5) is 0 Å². The molecule has 0 saturated carbocycles. The van der Waals surface area contributed by atoms with Crippen LogP contribution >= 0.6 is 11.3 Å². The fourth-order valence-corrected chi connectivity index (χ4v) is 4.34. The third kappa shape index (κ3) is 3.87. The van der Waals surface area contributed by atoms with Gasteiger partial charge in [-0.25, -0.2) is 0 Å². The fourth-order valence-electron chi connectivity index (χ4n) is 3.46. The van der Waals surface area contributed by atoms with Crippen molar-refractivity contribution < 1.29 is 4.79 Å². The molecule has 1 aliphatic rings. The molecule has 0 radical (unpaired) electrons. The number of fused-ring (bicyclic) bond motifs is 2. The summed E-state index contributed by atoms with van der Waals surface area (Å²) in [6, 6.07) is 16.6. The van der Waals surface area contributed by atoms with Crippen LogP contribution in [0.1, 0.15) is 16.0 Å².